The predicted octanol–water partition coefficient (Wildman–Crippen LogP) is 3.63. The number of hydrogen-bond acceptors (Lipinski definition) is 0. The molecule has 0 aliphatic rings. The van der Waals surface area contributed by atoms with Crippen LogP contribution in [0.3, 0.4) is 0 Å². The van der Waals surface area contributed by atoms with E-state index in [0.717, 1.165) is 16.5 Å². The van der Waals surface area contributed by atoms with Crippen LogP contribution >= 0.6 is 0 Å². The molecule has 1 nitrogen and oxygen atoms in total. The van der Waals surface area contributed by atoms with Gasteiger partial charge in [0.2, 0.25) is 5.95 Å². The minimum Gasteiger partial charge on any atom is -0.313 e. The topological polar surface area (TPSA) is 4.93 Å². The largest absolute Gasteiger partial charge is 0.313 e. The van der Waals surface area contributed by atoms with E-state index in [2.05, 4.69) is 6.07 Å². The molecule has 0 aliphatic carbocycles. The third-order valence-electron chi connectivity index (χ3n) is 2.85. The SMILES string of the molecule is Fc1[c]c2ccccc2n1Cc1ccccc1. The average Bonchev–Trinajstić information content (AvgIpc) is 2.68. The first kappa shape index (κ1) is 10.1. The normalized spacial score (nSPS) is 10.9. The molecule has 0 saturated heterocycles. The molecule has 0 aliphatic heterocycles. The van der Waals surface area contributed by atoms with Crippen molar-refractivity contribution in [3.63, 3.8) is 0 Å². The van der Waals surface area contributed by atoms with Crippen LogP contribution in [0.25, 0.3) is 10.9 Å². The third kappa shape index (κ3) is 1.82. The Balaban J connectivity index is 2.08. The highest BCUT2D eigenvalue weighted by atomic mass is 19.1. The first-order chi connectivity index (χ1) is 8.34. The molecule has 1 aromatic heterocycles. The Kier molecular flexibility index (Phi) is 2.41. The quantitative estimate of drug-likeness (QED) is 0.626. The lowest BCUT2D eigenvalue weighted by atomic mass is 10.2. The van der Waals surface area contributed by atoms with E-state index in [-0.39, 0.29) is 5.95 Å². The van der Waals surface area contributed by atoms with E-state index in [1.807, 2.05) is 54.6 Å². The highest BCUT2D eigenvalue weighted by Gasteiger charge is 2.08. The molecule has 0 spiro atoms. The summed E-state index contributed by atoms with van der Waals surface area (Å²) in [5.41, 5.74) is 1.97. The van der Waals surface area contributed by atoms with Gasteiger partial charge in [-0.3, -0.25) is 0 Å². The molecule has 0 atom stereocenters. The molecular formula is C15H11FN. The van der Waals surface area contributed by atoms with E-state index in [1.54, 1.807) is 4.57 Å². The lowest BCUT2D eigenvalue weighted by Crippen LogP contribution is -2.01. The van der Waals surface area contributed by atoms with E-state index in [1.165, 1.54) is 0 Å². The Labute approximate surface area is 99.1 Å². The molecule has 17 heavy (non-hydrogen) atoms. The van der Waals surface area contributed by atoms with Crippen LogP contribution in [0.2, 0.25) is 0 Å². The Morgan fingerprint density at radius 1 is 0.941 bits per heavy atom. The first-order valence-electron chi connectivity index (χ1n) is 5.54. The third-order valence-corrected chi connectivity index (χ3v) is 2.85. The van der Waals surface area contributed by atoms with Crippen LogP contribution in [0, 0.1) is 12.0 Å². The van der Waals surface area contributed by atoms with Crippen molar-refractivity contribution in [2.24, 2.45) is 0 Å². The minimum absolute atomic E-state index is 0.310. The van der Waals surface area contributed by atoms with E-state index in [9.17, 15) is 4.39 Å². The maximum absolute atomic E-state index is 13.8. The number of hydrogen-bond donors (Lipinski definition) is 0. The molecule has 3 aromatic rings. The Morgan fingerprint density at radius 3 is 2.47 bits per heavy atom. The number of rotatable bonds is 2. The van der Waals surface area contributed by atoms with E-state index in [4.69, 9.17) is 0 Å². The summed E-state index contributed by atoms with van der Waals surface area (Å²) in [6, 6.07) is 20.2. The first-order valence-corrected chi connectivity index (χ1v) is 5.54. The van der Waals surface area contributed by atoms with Crippen LogP contribution < -0.4 is 0 Å². The highest BCUT2D eigenvalue weighted by molar-refractivity contribution is 5.79. The molecule has 3 rings (SSSR count). The Hall–Kier alpha value is -2.09. The molecule has 2 aromatic carbocycles. The second-order valence-corrected chi connectivity index (χ2v) is 4.00. The molecular weight excluding hydrogens is 213 g/mol. The van der Waals surface area contributed by atoms with Crippen molar-refractivity contribution in [2.75, 3.05) is 0 Å². The summed E-state index contributed by atoms with van der Waals surface area (Å²) in [6.07, 6.45) is 0. The molecule has 0 saturated carbocycles. The summed E-state index contributed by atoms with van der Waals surface area (Å²) in [4.78, 5) is 0. The van der Waals surface area contributed by atoms with Gasteiger partial charge in [0.15, 0.2) is 0 Å². The highest BCUT2D eigenvalue weighted by Crippen LogP contribution is 2.19. The molecule has 1 radical (unpaired) electrons. The number of halogens is 1. The lowest BCUT2D eigenvalue weighted by molar-refractivity contribution is 0.523. The smallest absolute Gasteiger partial charge is 0.203 e. The zero-order chi connectivity index (χ0) is 11.7. The lowest BCUT2D eigenvalue weighted by Gasteiger charge is -2.06. The predicted molar refractivity (Wildman–Crippen MR) is 66.3 cm³/mol. The number of fused-ring (bicyclic) bond motifs is 1. The van der Waals surface area contributed by atoms with Crippen LogP contribution in [-0.2, 0) is 6.54 Å². The maximum atomic E-state index is 13.8. The van der Waals surface area contributed by atoms with Gasteiger partial charge in [-0.2, -0.15) is 4.39 Å². The monoisotopic (exact) mass is 224 g/mol. The fourth-order valence-electron chi connectivity index (χ4n) is 2.02. The van der Waals surface area contributed by atoms with Crippen molar-refractivity contribution in [2.45, 2.75) is 6.54 Å². The van der Waals surface area contributed by atoms with Gasteiger partial charge in [-0.25, -0.2) is 0 Å². The molecule has 0 bridgehead atoms. The zero-order valence-electron chi connectivity index (χ0n) is 9.23. The van der Waals surface area contributed by atoms with Crippen molar-refractivity contribution in [1.82, 2.24) is 4.57 Å². The van der Waals surface area contributed by atoms with E-state index < -0.39 is 0 Å². The summed E-state index contributed by atoms with van der Waals surface area (Å²) >= 11 is 0. The molecule has 83 valence electrons. The van der Waals surface area contributed by atoms with Gasteiger partial charge in [-0.1, -0.05) is 48.5 Å². The van der Waals surface area contributed by atoms with Crippen LogP contribution in [0.1, 0.15) is 5.56 Å². The van der Waals surface area contributed by atoms with Gasteiger partial charge in [-0.15, -0.1) is 0 Å². The summed E-state index contributed by atoms with van der Waals surface area (Å²) in [5, 5.41) is 0.820. The fraction of sp³-hybridized carbons (Fsp3) is 0.0667. The zero-order valence-corrected chi connectivity index (χ0v) is 9.23. The molecule has 0 unspecified atom stereocenters. The van der Waals surface area contributed by atoms with Gasteiger partial charge < -0.3 is 4.57 Å². The van der Waals surface area contributed by atoms with Crippen molar-refractivity contribution in [1.29, 1.82) is 0 Å². The molecule has 1 heterocycles. The van der Waals surface area contributed by atoms with Crippen molar-refractivity contribution >= 4 is 10.9 Å². The van der Waals surface area contributed by atoms with Gasteiger partial charge in [0.1, 0.15) is 0 Å². The molecule has 0 amide bonds. The van der Waals surface area contributed by atoms with Crippen molar-refractivity contribution in [3.05, 3.63) is 72.2 Å². The number of nitrogens with zero attached hydrogens (tertiary/aromatic N) is 1. The van der Waals surface area contributed by atoms with Crippen LogP contribution in [-0.4, -0.2) is 4.57 Å². The number of para-hydroxylation sites is 1. The fourth-order valence-corrected chi connectivity index (χ4v) is 2.02. The summed E-state index contributed by atoms with van der Waals surface area (Å²) < 4.78 is 15.4. The van der Waals surface area contributed by atoms with Crippen LogP contribution in [0.15, 0.2) is 54.6 Å². The Bertz CT molecular complexity index is 640. The van der Waals surface area contributed by atoms with Crippen LogP contribution in [0.5, 0.6) is 0 Å². The van der Waals surface area contributed by atoms with Crippen LogP contribution in [0.4, 0.5) is 4.39 Å². The second kappa shape index (κ2) is 4.06. The summed E-state index contributed by atoms with van der Waals surface area (Å²) in [5.74, 6) is -0.310. The number of aromatic nitrogens is 1. The summed E-state index contributed by atoms with van der Waals surface area (Å²) in [7, 11) is 0. The molecule has 0 fully saturated rings. The molecule has 2 heteroatoms. The minimum atomic E-state index is -0.310. The van der Waals surface area contributed by atoms with E-state index >= 15 is 0 Å². The van der Waals surface area contributed by atoms with Gasteiger partial charge in [0.05, 0.1) is 12.1 Å². The molecule has 0 N–H and O–H groups in total. The standard InChI is InChI=1S/C15H11FN/c16-15-10-13-8-4-5-9-14(13)17(15)11-12-6-2-1-3-7-12/h1-9H,11H2. The van der Waals surface area contributed by atoms with Crippen molar-refractivity contribution < 1.29 is 4.39 Å². The Morgan fingerprint density at radius 2 is 1.65 bits per heavy atom. The number of benzene rings is 2. The maximum Gasteiger partial charge on any atom is 0.203 e. The van der Waals surface area contributed by atoms with Gasteiger partial charge >= 0.3 is 0 Å². The average molecular weight is 224 g/mol. The van der Waals surface area contributed by atoms with Gasteiger partial charge in [-0.05, 0) is 11.6 Å². The summed E-state index contributed by atoms with van der Waals surface area (Å²) in [6.45, 7) is 0.538. The van der Waals surface area contributed by atoms with Crippen molar-refractivity contribution in [3.8, 4) is 0 Å². The van der Waals surface area contributed by atoms with E-state index in [0.29, 0.717) is 6.54 Å². The second-order valence-electron chi connectivity index (χ2n) is 4.00. The van der Waals surface area contributed by atoms with Gasteiger partial charge in [0, 0.05) is 11.5 Å². The van der Waals surface area contributed by atoms with Gasteiger partial charge in [0.25, 0.3) is 0 Å².